The fraction of sp³-hybridized carbons (Fsp3) is 0.857. The van der Waals surface area contributed by atoms with Gasteiger partial charge in [-0.05, 0) is 57.8 Å². The van der Waals surface area contributed by atoms with E-state index in [2.05, 4.69) is 5.32 Å². The van der Waals surface area contributed by atoms with Gasteiger partial charge in [-0.15, -0.1) is 0 Å². The largest absolute Gasteiger partial charge is 0.480 e. The van der Waals surface area contributed by atoms with Gasteiger partial charge < -0.3 is 15.2 Å². The molecule has 1 amide bonds. The lowest BCUT2D eigenvalue weighted by Gasteiger charge is -2.55. The van der Waals surface area contributed by atoms with Gasteiger partial charge in [0, 0.05) is 0 Å². The number of carbonyl (C=O) groups excluding carboxylic acids is 1. The van der Waals surface area contributed by atoms with Gasteiger partial charge in [-0.2, -0.15) is 0 Å². The van der Waals surface area contributed by atoms with Crippen molar-refractivity contribution in [2.45, 2.75) is 64.5 Å². The van der Waals surface area contributed by atoms with Crippen LogP contribution in [0.3, 0.4) is 0 Å². The van der Waals surface area contributed by atoms with Crippen LogP contribution in [0, 0.1) is 11.3 Å². The van der Waals surface area contributed by atoms with Crippen LogP contribution in [0.1, 0.15) is 52.9 Å². The van der Waals surface area contributed by atoms with Crippen LogP contribution in [0.5, 0.6) is 0 Å². The van der Waals surface area contributed by atoms with Crippen molar-refractivity contribution in [1.82, 2.24) is 5.32 Å². The summed E-state index contributed by atoms with van der Waals surface area (Å²) in [4.78, 5) is 22.9. The lowest BCUT2D eigenvalue weighted by Crippen LogP contribution is -2.55. The number of carbonyl (C=O) groups is 2. The molecule has 5 nitrogen and oxygen atoms in total. The van der Waals surface area contributed by atoms with Crippen molar-refractivity contribution in [3.8, 4) is 0 Å². The van der Waals surface area contributed by atoms with Gasteiger partial charge in [-0.3, -0.25) is 0 Å². The summed E-state index contributed by atoms with van der Waals surface area (Å²) < 4.78 is 5.12. The summed E-state index contributed by atoms with van der Waals surface area (Å²) in [5.74, 6) is -0.921. The van der Waals surface area contributed by atoms with E-state index in [1.807, 2.05) is 0 Å². The Bertz CT molecular complexity index is 373. The number of aliphatic carboxylic acids is 1. The van der Waals surface area contributed by atoms with E-state index in [-0.39, 0.29) is 5.92 Å². The van der Waals surface area contributed by atoms with Gasteiger partial charge >= 0.3 is 12.1 Å². The summed E-state index contributed by atoms with van der Waals surface area (Å²) >= 11 is 0. The van der Waals surface area contributed by atoms with Gasteiger partial charge in [0.25, 0.3) is 0 Å². The Hall–Kier alpha value is -1.26. The van der Waals surface area contributed by atoms with E-state index < -0.39 is 23.7 Å². The van der Waals surface area contributed by atoms with Crippen LogP contribution in [0.25, 0.3) is 0 Å². The molecular formula is C14H23NO4. The SMILES string of the molecule is CC(C)(C)OC(=O)NC(C(=O)O)C1CC2(CCC2)C1. The molecule has 108 valence electrons. The summed E-state index contributed by atoms with van der Waals surface area (Å²) in [5.41, 5.74) is -0.212. The molecule has 1 spiro atoms. The number of rotatable bonds is 3. The van der Waals surface area contributed by atoms with Gasteiger partial charge in [0.2, 0.25) is 0 Å². The molecule has 1 unspecified atom stereocenters. The molecule has 0 aromatic rings. The minimum Gasteiger partial charge on any atom is -0.480 e. The maximum absolute atomic E-state index is 11.7. The van der Waals surface area contributed by atoms with Gasteiger partial charge in [0.05, 0.1) is 0 Å². The average Bonchev–Trinajstić information content (AvgIpc) is 2.07. The van der Waals surface area contributed by atoms with E-state index in [0.29, 0.717) is 5.41 Å². The third kappa shape index (κ3) is 3.19. The average molecular weight is 269 g/mol. The number of nitrogens with one attached hydrogen (secondary N) is 1. The van der Waals surface area contributed by atoms with Crippen molar-refractivity contribution in [1.29, 1.82) is 0 Å². The Kier molecular flexibility index (Phi) is 3.49. The second kappa shape index (κ2) is 4.69. The van der Waals surface area contributed by atoms with Crippen molar-refractivity contribution in [2.24, 2.45) is 11.3 Å². The number of carboxylic acid groups (broad SMARTS) is 1. The Labute approximate surface area is 113 Å². The number of carboxylic acids is 1. The van der Waals surface area contributed by atoms with Crippen LogP contribution in [0.2, 0.25) is 0 Å². The number of amides is 1. The lowest BCUT2D eigenvalue weighted by atomic mass is 9.50. The molecule has 0 radical (unpaired) electrons. The first-order valence-corrected chi connectivity index (χ1v) is 6.93. The van der Waals surface area contributed by atoms with E-state index >= 15 is 0 Å². The molecule has 0 aromatic heterocycles. The van der Waals surface area contributed by atoms with Crippen molar-refractivity contribution >= 4 is 12.1 Å². The Balaban J connectivity index is 1.87. The van der Waals surface area contributed by atoms with E-state index in [1.165, 1.54) is 19.3 Å². The van der Waals surface area contributed by atoms with Crippen molar-refractivity contribution < 1.29 is 19.4 Å². The molecule has 2 N–H and O–H groups in total. The highest BCUT2D eigenvalue weighted by molar-refractivity contribution is 5.80. The third-order valence-electron chi connectivity index (χ3n) is 4.21. The fourth-order valence-electron chi connectivity index (χ4n) is 3.19. The molecule has 2 saturated carbocycles. The molecule has 2 rings (SSSR count). The molecule has 2 fully saturated rings. The number of ether oxygens (including phenoxy) is 1. The number of alkyl carbamates (subject to hydrolysis) is 1. The standard InChI is InChI=1S/C14H23NO4/c1-13(2,3)19-12(18)15-10(11(16)17)9-7-14(8-9)5-4-6-14/h9-10H,4-8H2,1-3H3,(H,15,18)(H,16,17). The van der Waals surface area contributed by atoms with Gasteiger partial charge in [0.15, 0.2) is 0 Å². The smallest absolute Gasteiger partial charge is 0.408 e. The molecule has 0 aliphatic heterocycles. The maximum atomic E-state index is 11.7. The monoisotopic (exact) mass is 269 g/mol. The van der Waals surface area contributed by atoms with Gasteiger partial charge in [-0.25, -0.2) is 9.59 Å². The summed E-state index contributed by atoms with van der Waals surface area (Å²) in [7, 11) is 0. The predicted molar refractivity (Wildman–Crippen MR) is 69.8 cm³/mol. The van der Waals surface area contributed by atoms with Gasteiger partial charge in [0.1, 0.15) is 11.6 Å². The minimum absolute atomic E-state index is 0.0466. The summed E-state index contributed by atoms with van der Waals surface area (Å²) in [6.45, 7) is 5.28. The molecule has 0 heterocycles. The van der Waals surface area contributed by atoms with Crippen LogP contribution >= 0.6 is 0 Å². The summed E-state index contributed by atoms with van der Waals surface area (Å²) in [6.07, 6.45) is 4.86. The molecule has 0 saturated heterocycles. The van der Waals surface area contributed by atoms with Crippen molar-refractivity contribution in [3.63, 3.8) is 0 Å². The van der Waals surface area contributed by atoms with Crippen LogP contribution in [-0.2, 0) is 9.53 Å². The molecule has 19 heavy (non-hydrogen) atoms. The molecule has 0 bridgehead atoms. The third-order valence-corrected chi connectivity index (χ3v) is 4.21. The molecule has 2 aliphatic rings. The second-order valence-corrected chi connectivity index (χ2v) is 6.98. The quantitative estimate of drug-likeness (QED) is 0.825. The van der Waals surface area contributed by atoms with E-state index in [0.717, 1.165) is 12.8 Å². The maximum Gasteiger partial charge on any atom is 0.408 e. The van der Waals surface area contributed by atoms with Crippen LogP contribution in [0.4, 0.5) is 4.79 Å². The minimum atomic E-state index is -0.968. The van der Waals surface area contributed by atoms with Crippen molar-refractivity contribution in [3.05, 3.63) is 0 Å². The predicted octanol–water partition coefficient (Wildman–Crippen LogP) is 2.54. The molecule has 2 aliphatic carbocycles. The normalized spacial score (nSPS) is 23.1. The molecule has 0 aromatic carbocycles. The first-order valence-electron chi connectivity index (χ1n) is 6.93. The van der Waals surface area contributed by atoms with Gasteiger partial charge in [-0.1, -0.05) is 6.42 Å². The first-order chi connectivity index (χ1) is 8.71. The zero-order valence-electron chi connectivity index (χ0n) is 11.9. The zero-order valence-corrected chi connectivity index (χ0v) is 11.9. The Morgan fingerprint density at radius 2 is 1.89 bits per heavy atom. The second-order valence-electron chi connectivity index (χ2n) is 6.98. The van der Waals surface area contributed by atoms with E-state index in [4.69, 9.17) is 4.74 Å². The zero-order chi connectivity index (χ0) is 14.3. The van der Waals surface area contributed by atoms with Crippen LogP contribution in [-0.4, -0.2) is 28.8 Å². The lowest BCUT2D eigenvalue weighted by molar-refractivity contribution is -0.145. The van der Waals surface area contributed by atoms with E-state index in [1.54, 1.807) is 20.8 Å². The number of hydrogen-bond donors (Lipinski definition) is 2. The van der Waals surface area contributed by atoms with Crippen molar-refractivity contribution in [2.75, 3.05) is 0 Å². The highest BCUT2D eigenvalue weighted by Crippen LogP contribution is 2.59. The molecular weight excluding hydrogens is 246 g/mol. The van der Waals surface area contributed by atoms with E-state index in [9.17, 15) is 14.7 Å². The van der Waals surface area contributed by atoms with Crippen LogP contribution < -0.4 is 5.32 Å². The summed E-state index contributed by atoms with van der Waals surface area (Å²) in [5, 5.41) is 11.7. The van der Waals surface area contributed by atoms with Crippen LogP contribution in [0.15, 0.2) is 0 Å². The highest BCUT2D eigenvalue weighted by atomic mass is 16.6. The Morgan fingerprint density at radius 3 is 2.26 bits per heavy atom. The highest BCUT2D eigenvalue weighted by Gasteiger charge is 2.52. The first kappa shape index (κ1) is 14.2. The fourth-order valence-corrected chi connectivity index (χ4v) is 3.19. The Morgan fingerprint density at radius 1 is 1.32 bits per heavy atom. The molecule has 5 heteroatoms. The number of hydrogen-bond acceptors (Lipinski definition) is 3. The summed E-state index contributed by atoms with van der Waals surface area (Å²) in [6, 6.07) is -0.818. The molecule has 1 atom stereocenters. The topological polar surface area (TPSA) is 75.6 Å².